The molecule has 0 aliphatic carbocycles. The van der Waals surface area contributed by atoms with Crippen molar-refractivity contribution in [3.05, 3.63) is 74.5 Å². The van der Waals surface area contributed by atoms with Crippen LogP contribution in [-0.2, 0) is 0 Å². The molecule has 0 saturated heterocycles. The van der Waals surface area contributed by atoms with Crippen LogP contribution in [0.2, 0.25) is 0 Å². The van der Waals surface area contributed by atoms with Gasteiger partial charge in [0.2, 0.25) is 11.8 Å². The minimum atomic E-state index is -0.460. The van der Waals surface area contributed by atoms with E-state index in [1.165, 1.54) is 5.56 Å². The average molecular weight is 377 g/mol. The zero-order valence-corrected chi connectivity index (χ0v) is 16.6. The first-order valence-corrected chi connectivity index (χ1v) is 8.96. The summed E-state index contributed by atoms with van der Waals surface area (Å²) in [6, 6.07) is 11.7. The molecule has 7 heteroatoms. The highest BCUT2D eigenvalue weighted by Gasteiger charge is 2.22. The molecule has 3 rings (SSSR count). The summed E-state index contributed by atoms with van der Waals surface area (Å²) in [4.78, 5) is 19.8. The lowest BCUT2D eigenvalue weighted by Gasteiger charge is -2.12. The summed E-state index contributed by atoms with van der Waals surface area (Å²) in [5.74, 6) is 0.463. The highest BCUT2D eigenvalue weighted by molar-refractivity contribution is 5.70. The lowest BCUT2D eigenvalue weighted by Crippen LogP contribution is -2.07. The first kappa shape index (κ1) is 19.3. The maximum absolute atomic E-state index is 11.6. The molecular formula is C21H23N5O2. The molecule has 0 aliphatic rings. The van der Waals surface area contributed by atoms with E-state index in [4.69, 9.17) is 0 Å². The fourth-order valence-electron chi connectivity index (χ4n) is 2.83. The van der Waals surface area contributed by atoms with Gasteiger partial charge in [-0.05, 0) is 81.1 Å². The van der Waals surface area contributed by atoms with Gasteiger partial charge in [-0.1, -0.05) is 12.1 Å². The molecule has 2 aromatic carbocycles. The lowest BCUT2D eigenvalue weighted by atomic mass is 10.1. The van der Waals surface area contributed by atoms with Crippen LogP contribution in [0, 0.1) is 44.7 Å². The Bertz CT molecular complexity index is 1060. The summed E-state index contributed by atoms with van der Waals surface area (Å²) >= 11 is 0. The Hall–Kier alpha value is -3.48. The molecule has 0 radical (unpaired) electrons. The lowest BCUT2D eigenvalue weighted by molar-refractivity contribution is -0.385. The van der Waals surface area contributed by atoms with Crippen molar-refractivity contribution in [1.82, 2.24) is 9.97 Å². The molecule has 1 aromatic heterocycles. The quantitative estimate of drug-likeness (QED) is 0.456. The van der Waals surface area contributed by atoms with Crippen LogP contribution in [0.3, 0.4) is 0 Å². The average Bonchev–Trinajstić information content (AvgIpc) is 2.61. The van der Waals surface area contributed by atoms with Gasteiger partial charge in [0.1, 0.15) is 5.69 Å². The van der Waals surface area contributed by atoms with Crippen LogP contribution in [0.25, 0.3) is 0 Å². The molecule has 0 amide bonds. The molecule has 28 heavy (non-hydrogen) atoms. The van der Waals surface area contributed by atoms with Crippen molar-refractivity contribution in [2.24, 2.45) is 0 Å². The molecule has 0 fully saturated rings. The molecule has 0 spiro atoms. The number of hydrogen-bond donors (Lipinski definition) is 2. The van der Waals surface area contributed by atoms with Gasteiger partial charge < -0.3 is 10.6 Å². The summed E-state index contributed by atoms with van der Waals surface area (Å²) in [5.41, 5.74) is 6.28. The number of rotatable bonds is 5. The Morgan fingerprint density at radius 1 is 0.786 bits per heavy atom. The predicted octanol–water partition coefficient (Wildman–Crippen LogP) is 5.41. The molecule has 3 aromatic rings. The van der Waals surface area contributed by atoms with Crippen molar-refractivity contribution < 1.29 is 4.92 Å². The van der Waals surface area contributed by atoms with Crippen molar-refractivity contribution in [3.63, 3.8) is 0 Å². The van der Waals surface area contributed by atoms with E-state index in [1.807, 2.05) is 64.1 Å². The normalized spacial score (nSPS) is 10.6. The van der Waals surface area contributed by atoms with Crippen molar-refractivity contribution in [3.8, 4) is 0 Å². The van der Waals surface area contributed by atoms with E-state index < -0.39 is 4.92 Å². The van der Waals surface area contributed by atoms with E-state index in [0.29, 0.717) is 5.95 Å². The Labute approximate surface area is 164 Å². The number of nitro groups is 1. The molecular weight excluding hydrogens is 354 g/mol. The summed E-state index contributed by atoms with van der Waals surface area (Å²) in [6.45, 7) is 9.68. The van der Waals surface area contributed by atoms with E-state index in [1.54, 1.807) is 6.92 Å². The minimum Gasteiger partial charge on any atom is -0.334 e. The topological polar surface area (TPSA) is 93.0 Å². The first-order chi connectivity index (χ1) is 13.2. The fraction of sp³-hybridized carbons (Fsp3) is 0.238. The number of nitrogens with one attached hydrogen (secondary N) is 2. The van der Waals surface area contributed by atoms with Crippen LogP contribution in [0.5, 0.6) is 0 Å². The van der Waals surface area contributed by atoms with Crippen molar-refractivity contribution in [1.29, 1.82) is 0 Å². The number of nitrogens with zero attached hydrogens (tertiary/aromatic N) is 3. The van der Waals surface area contributed by atoms with Crippen LogP contribution in [0.1, 0.15) is 27.9 Å². The first-order valence-electron chi connectivity index (χ1n) is 8.96. The van der Waals surface area contributed by atoms with E-state index in [9.17, 15) is 10.1 Å². The third kappa shape index (κ3) is 4.09. The van der Waals surface area contributed by atoms with E-state index in [2.05, 4.69) is 20.6 Å². The van der Waals surface area contributed by atoms with Crippen LogP contribution < -0.4 is 10.6 Å². The van der Waals surface area contributed by atoms with Gasteiger partial charge in [0.05, 0.1) is 4.92 Å². The monoisotopic (exact) mass is 377 g/mol. The highest BCUT2D eigenvalue weighted by atomic mass is 16.6. The van der Waals surface area contributed by atoms with Crippen molar-refractivity contribution in [2.75, 3.05) is 10.6 Å². The third-order valence-electron chi connectivity index (χ3n) is 4.77. The second kappa shape index (κ2) is 7.64. The Kier molecular flexibility index (Phi) is 5.26. The van der Waals surface area contributed by atoms with Crippen molar-refractivity contribution >= 4 is 28.8 Å². The second-order valence-corrected chi connectivity index (χ2v) is 6.94. The van der Waals surface area contributed by atoms with E-state index >= 15 is 0 Å². The predicted molar refractivity (Wildman–Crippen MR) is 112 cm³/mol. The molecule has 0 unspecified atom stereocenters. The smallest absolute Gasteiger partial charge is 0.332 e. The summed E-state index contributed by atoms with van der Waals surface area (Å²) in [7, 11) is 0. The van der Waals surface area contributed by atoms with Crippen LogP contribution in [0.15, 0.2) is 36.4 Å². The zero-order chi connectivity index (χ0) is 20.4. The summed E-state index contributed by atoms with van der Waals surface area (Å²) < 4.78 is 0. The SMILES string of the molecule is Cc1ccc(Nc2nc(C)c([N+](=O)[O-])c(Nc3ccc(C)c(C)c3)n2)cc1C. The second-order valence-electron chi connectivity index (χ2n) is 6.94. The molecule has 7 nitrogen and oxygen atoms in total. The Morgan fingerprint density at radius 2 is 1.32 bits per heavy atom. The molecule has 0 aliphatic heterocycles. The summed E-state index contributed by atoms with van der Waals surface area (Å²) in [5, 5.41) is 17.8. The zero-order valence-electron chi connectivity index (χ0n) is 16.6. The fourth-order valence-corrected chi connectivity index (χ4v) is 2.83. The number of benzene rings is 2. The number of aryl methyl sites for hydroxylation is 5. The van der Waals surface area contributed by atoms with Crippen LogP contribution in [-0.4, -0.2) is 14.9 Å². The van der Waals surface area contributed by atoms with Gasteiger partial charge in [0.15, 0.2) is 0 Å². The standard InChI is InChI=1S/C21H23N5O2/c1-12-6-8-17(10-14(12)3)23-20-19(26(27)28)16(5)22-21(25-20)24-18-9-7-13(2)15(4)11-18/h6-11H,1-5H3,(H2,22,23,24,25). The van der Waals surface area contributed by atoms with Gasteiger partial charge >= 0.3 is 5.69 Å². The number of hydrogen-bond acceptors (Lipinski definition) is 6. The van der Waals surface area contributed by atoms with Gasteiger partial charge in [0.25, 0.3) is 0 Å². The summed E-state index contributed by atoms with van der Waals surface area (Å²) in [6.07, 6.45) is 0. The largest absolute Gasteiger partial charge is 0.334 e. The highest BCUT2D eigenvalue weighted by Crippen LogP contribution is 2.30. The number of anilines is 4. The number of aromatic nitrogens is 2. The van der Waals surface area contributed by atoms with Crippen LogP contribution >= 0.6 is 0 Å². The molecule has 2 N–H and O–H groups in total. The third-order valence-corrected chi connectivity index (χ3v) is 4.77. The molecule has 0 saturated carbocycles. The van der Waals surface area contributed by atoms with Gasteiger partial charge in [-0.25, -0.2) is 4.98 Å². The van der Waals surface area contributed by atoms with Crippen LogP contribution in [0.4, 0.5) is 28.8 Å². The minimum absolute atomic E-state index is 0.135. The van der Waals surface area contributed by atoms with Gasteiger partial charge in [-0.2, -0.15) is 4.98 Å². The molecule has 144 valence electrons. The Balaban J connectivity index is 2.00. The van der Waals surface area contributed by atoms with E-state index in [0.717, 1.165) is 28.1 Å². The van der Waals surface area contributed by atoms with E-state index in [-0.39, 0.29) is 17.2 Å². The van der Waals surface area contributed by atoms with Gasteiger partial charge in [0, 0.05) is 11.4 Å². The maximum Gasteiger partial charge on any atom is 0.332 e. The Morgan fingerprint density at radius 3 is 1.82 bits per heavy atom. The van der Waals surface area contributed by atoms with Gasteiger partial charge in [-0.3, -0.25) is 10.1 Å². The van der Waals surface area contributed by atoms with Gasteiger partial charge in [-0.15, -0.1) is 0 Å². The molecule has 0 atom stereocenters. The molecule has 0 bridgehead atoms. The maximum atomic E-state index is 11.6. The van der Waals surface area contributed by atoms with Crippen molar-refractivity contribution in [2.45, 2.75) is 34.6 Å². The molecule has 1 heterocycles.